The van der Waals surface area contributed by atoms with Crippen LogP contribution in [0.15, 0.2) is 0 Å². The molecule has 0 fully saturated rings. The van der Waals surface area contributed by atoms with E-state index in [2.05, 4.69) is 16.0 Å². The van der Waals surface area contributed by atoms with Gasteiger partial charge in [0.25, 0.3) is 0 Å². The fourth-order valence-corrected chi connectivity index (χ4v) is 2.07. The maximum Gasteiger partial charge on any atom is 0.327 e. The minimum Gasteiger partial charge on any atom is -0.480 e. The van der Waals surface area contributed by atoms with E-state index in [1.165, 1.54) is 6.92 Å². The van der Waals surface area contributed by atoms with Gasteiger partial charge in [0.2, 0.25) is 11.8 Å². The maximum atomic E-state index is 11.6. The van der Waals surface area contributed by atoms with E-state index in [1.54, 1.807) is 13.8 Å². The molecule has 0 aromatic carbocycles. The topological polar surface area (TPSA) is 125 Å². The lowest BCUT2D eigenvalue weighted by Crippen LogP contribution is -2.44. The molecule has 0 aromatic rings. The SMILES string of the molecule is CCNC(=O)NC(=O)C(C)SCC(NC(C)=O)C(=O)O. The second-order valence-electron chi connectivity index (χ2n) is 3.92. The van der Waals surface area contributed by atoms with Crippen molar-refractivity contribution < 1.29 is 24.3 Å². The van der Waals surface area contributed by atoms with Gasteiger partial charge in [0.1, 0.15) is 6.04 Å². The summed E-state index contributed by atoms with van der Waals surface area (Å²) < 4.78 is 0. The summed E-state index contributed by atoms with van der Waals surface area (Å²) in [4.78, 5) is 44.5. The van der Waals surface area contributed by atoms with E-state index in [0.29, 0.717) is 6.54 Å². The van der Waals surface area contributed by atoms with Crippen molar-refractivity contribution in [1.29, 1.82) is 0 Å². The Labute approximate surface area is 121 Å². The molecule has 0 aliphatic rings. The third-order valence-corrected chi connectivity index (χ3v) is 3.37. The number of rotatable bonds is 7. The standard InChI is InChI=1S/C11H19N3O5S/c1-4-12-11(19)14-9(16)6(2)20-5-8(10(17)18)13-7(3)15/h6,8H,4-5H2,1-3H3,(H,13,15)(H,17,18)(H2,12,14,16,19). The number of imide groups is 1. The van der Waals surface area contributed by atoms with E-state index < -0.39 is 35.1 Å². The van der Waals surface area contributed by atoms with Crippen LogP contribution in [0.5, 0.6) is 0 Å². The normalized spacial score (nSPS) is 12.9. The molecule has 114 valence electrons. The van der Waals surface area contributed by atoms with E-state index >= 15 is 0 Å². The van der Waals surface area contributed by atoms with Gasteiger partial charge in [-0.3, -0.25) is 14.9 Å². The molecule has 0 bridgehead atoms. The van der Waals surface area contributed by atoms with Crippen LogP contribution in [-0.4, -0.2) is 52.5 Å². The number of thioether (sulfide) groups is 1. The van der Waals surface area contributed by atoms with Gasteiger partial charge in [0.15, 0.2) is 0 Å². The van der Waals surface area contributed by atoms with E-state index in [1.807, 2.05) is 0 Å². The van der Waals surface area contributed by atoms with Gasteiger partial charge in [-0.25, -0.2) is 9.59 Å². The number of amides is 4. The van der Waals surface area contributed by atoms with Gasteiger partial charge in [-0.15, -0.1) is 11.8 Å². The Kier molecular flexibility index (Phi) is 8.37. The molecular formula is C11H19N3O5S. The predicted molar refractivity (Wildman–Crippen MR) is 74.4 cm³/mol. The molecule has 2 atom stereocenters. The monoisotopic (exact) mass is 305 g/mol. The van der Waals surface area contributed by atoms with Crippen LogP contribution < -0.4 is 16.0 Å². The Morgan fingerprint density at radius 1 is 1.25 bits per heavy atom. The van der Waals surface area contributed by atoms with Crippen molar-refractivity contribution in [2.45, 2.75) is 32.1 Å². The van der Waals surface area contributed by atoms with Crippen LogP contribution in [-0.2, 0) is 14.4 Å². The van der Waals surface area contributed by atoms with Gasteiger partial charge in [-0.1, -0.05) is 0 Å². The molecule has 0 saturated heterocycles. The zero-order chi connectivity index (χ0) is 15.7. The van der Waals surface area contributed by atoms with Gasteiger partial charge >= 0.3 is 12.0 Å². The molecule has 2 unspecified atom stereocenters. The van der Waals surface area contributed by atoms with Crippen LogP contribution in [0, 0.1) is 0 Å². The summed E-state index contributed by atoms with van der Waals surface area (Å²) in [5.41, 5.74) is 0. The van der Waals surface area contributed by atoms with E-state index in [4.69, 9.17) is 5.11 Å². The lowest BCUT2D eigenvalue weighted by molar-refractivity contribution is -0.140. The molecule has 0 rings (SSSR count). The van der Waals surface area contributed by atoms with Crippen molar-refractivity contribution in [1.82, 2.24) is 16.0 Å². The van der Waals surface area contributed by atoms with E-state index in [-0.39, 0.29) is 5.75 Å². The molecule has 0 aliphatic heterocycles. The Morgan fingerprint density at radius 2 is 1.85 bits per heavy atom. The van der Waals surface area contributed by atoms with Gasteiger partial charge in [0, 0.05) is 19.2 Å². The van der Waals surface area contributed by atoms with Crippen LogP contribution in [0.3, 0.4) is 0 Å². The number of hydrogen-bond acceptors (Lipinski definition) is 5. The summed E-state index contributed by atoms with van der Waals surface area (Å²) in [7, 11) is 0. The average molecular weight is 305 g/mol. The molecule has 0 saturated carbocycles. The highest BCUT2D eigenvalue weighted by Gasteiger charge is 2.22. The number of nitrogens with one attached hydrogen (secondary N) is 3. The molecule has 0 radical (unpaired) electrons. The molecule has 0 aromatic heterocycles. The lowest BCUT2D eigenvalue weighted by Gasteiger charge is -2.16. The fraction of sp³-hybridized carbons (Fsp3) is 0.636. The number of carboxylic acids is 1. The summed E-state index contributed by atoms with van der Waals surface area (Å²) in [5, 5.41) is 15.1. The molecule has 4 N–H and O–H groups in total. The van der Waals surface area contributed by atoms with Crippen LogP contribution in [0.25, 0.3) is 0 Å². The minimum absolute atomic E-state index is 0.0267. The van der Waals surface area contributed by atoms with Gasteiger partial charge < -0.3 is 15.7 Å². The second-order valence-corrected chi connectivity index (χ2v) is 5.29. The molecule has 9 heteroatoms. The highest BCUT2D eigenvalue weighted by atomic mass is 32.2. The Hall–Kier alpha value is -1.77. The summed E-state index contributed by atoms with van der Waals surface area (Å²) >= 11 is 1.04. The molecular weight excluding hydrogens is 286 g/mol. The molecule has 4 amide bonds. The van der Waals surface area contributed by atoms with Crippen LogP contribution in [0.2, 0.25) is 0 Å². The minimum atomic E-state index is -1.18. The van der Waals surface area contributed by atoms with Crippen LogP contribution >= 0.6 is 11.8 Å². The van der Waals surface area contributed by atoms with E-state index in [0.717, 1.165) is 11.8 Å². The fourth-order valence-electron chi connectivity index (χ4n) is 1.15. The molecule has 0 spiro atoms. The number of carboxylic acid groups (broad SMARTS) is 1. The van der Waals surface area contributed by atoms with Gasteiger partial charge in [-0.05, 0) is 13.8 Å². The van der Waals surface area contributed by atoms with Crippen LogP contribution in [0.4, 0.5) is 4.79 Å². The van der Waals surface area contributed by atoms with Crippen molar-refractivity contribution in [3.8, 4) is 0 Å². The Bertz CT molecular complexity index is 388. The van der Waals surface area contributed by atoms with Crippen molar-refractivity contribution in [3.63, 3.8) is 0 Å². The molecule has 0 heterocycles. The predicted octanol–water partition coefficient (Wildman–Crippen LogP) is -0.457. The third-order valence-electron chi connectivity index (χ3n) is 2.13. The lowest BCUT2D eigenvalue weighted by atomic mass is 10.3. The largest absolute Gasteiger partial charge is 0.480 e. The first-order valence-electron chi connectivity index (χ1n) is 5.98. The van der Waals surface area contributed by atoms with Crippen molar-refractivity contribution >= 4 is 35.6 Å². The second kappa shape index (κ2) is 9.18. The van der Waals surface area contributed by atoms with Crippen molar-refractivity contribution in [2.75, 3.05) is 12.3 Å². The first-order valence-corrected chi connectivity index (χ1v) is 7.03. The number of hydrogen-bond donors (Lipinski definition) is 4. The first-order chi connectivity index (χ1) is 9.27. The van der Waals surface area contributed by atoms with Gasteiger partial charge in [-0.2, -0.15) is 0 Å². The molecule has 0 aliphatic carbocycles. The summed E-state index contributed by atoms with van der Waals surface area (Å²) in [5.74, 6) is -2.13. The van der Waals surface area contributed by atoms with Crippen LogP contribution in [0.1, 0.15) is 20.8 Å². The number of aliphatic carboxylic acids is 1. The van der Waals surface area contributed by atoms with Crippen molar-refractivity contribution in [2.24, 2.45) is 0 Å². The highest BCUT2D eigenvalue weighted by Crippen LogP contribution is 2.12. The van der Waals surface area contributed by atoms with Crippen molar-refractivity contribution in [3.05, 3.63) is 0 Å². The highest BCUT2D eigenvalue weighted by molar-refractivity contribution is 8.00. The average Bonchev–Trinajstić information content (AvgIpc) is 2.33. The smallest absolute Gasteiger partial charge is 0.327 e. The third kappa shape index (κ3) is 7.62. The first kappa shape index (κ1) is 18.2. The molecule has 8 nitrogen and oxygen atoms in total. The molecule has 20 heavy (non-hydrogen) atoms. The summed E-state index contributed by atoms with van der Waals surface area (Å²) in [6.45, 7) is 4.87. The number of carbonyl (C=O) groups is 4. The number of urea groups is 1. The Morgan fingerprint density at radius 3 is 2.30 bits per heavy atom. The quantitative estimate of drug-likeness (QED) is 0.504. The summed E-state index contributed by atoms with van der Waals surface area (Å²) in [6, 6.07) is -1.67. The zero-order valence-corrected chi connectivity index (χ0v) is 12.4. The summed E-state index contributed by atoms with van der Waals surface area (Å²) in [6.07, 6.45) is 0. The maximum absolute atomic E-state index is 11.6. The van der Waals surface area contributed by atoms with E-state index in [9.17, 15) is 19.2 Å². The number of carbonyl (C=O) groups excluding carboxylic acids is 3. The Balaban J connectivity index is 4.27. The van der Waals surface area contributed by atoms with Gasteiger partial charge in [0.05, 0.1) is 5.25 Å². The zero-order valence-electron chi connectivity index (χ0n) is 11.6.